The molecular formula is C18H25NO3S. The fourth-order valence-electron chi connectivity index (χ4n) is 4.44. The highest BCUT2D eigenvalue weighted by molar-refractivity contribution is 7.89. The molecule has 23 heavy (non-hydrogen) atoms. The van der Waals surface area contributed by atoms with Crippen LogP contribution in [0.1, 0.15) is 36.3 Å². The molecule has 2 aliphatic heterocycles. The zero-order valence-corrected chi connectivity index (χ0v) is 14.3. The van der Waals surface area contributed by atoms with Crippen LogP contribution in [0.15, 0.2) is 24.3 Å². The Balaban J connectivity index is 1.39. The van der Waals surface area contributed by atoms with Gasteiger partial charge < -0.3 is 4.74 Å². The van der Waals surface area contributed by atoms with Gasteiger partial charge >= 0.3 is 0 Å². The average molecular weight is 335 g/mol. The van der Waals surface area contributed by atoms with Gasteiger partial charge in [0.25, 0.3) is 0 Å². The number of piperidine rings is 1. The zero-order chi connectivity index (χ0) is 15.9. The van der Waals surface area contributed by atoms with E-state index in [0.29, 0.717) is 30.8 Å². The standard InChI is InChI=1S/C18H25NO3S/c20-23(21,19-9-7-16-12-22-13-17(16)11-19)10-8-15-6-5-14-3-1-2-4-18(14)15/h1-4,15-17H,5-13H2. The fraction of sp³-hybridized carbons (Fsp3) is 0.667. The number of nitrogens with zero attached hydrogens (tertiary/aromatic N) is 1. The molecule has 1 aromatic carbocycles. The summed E-state index contributed by atoms with van der Waals surface area (Å²) in [7, 11) is -3.13. The number of sulfonamides is 1. The Kier molecular flexibility index (Phi) is 4.20. The highest BCUT2D eigenvalue weighted by Crippen LogP contribution is 2.36. The molecular weight excluding hydrogens is 310 g/mol. The second-order valence-electron chi connectivity index (χ2n) is 7.24. The molecule has 2 fully saturated rings. The van der Waals surface area contributed by atoms with Crippen molar-refractivity contribution in [3.63, 3.8) is 0 Å². The molecule has 0 spiro atoms. The van der Waals surface area contributed by atoms with Crippen LogP contribution in [0.2, 0.25) is 0 Å². The number of benzene rings is 1. The number of rotatable bonds is 4. The van der Waals surface area contributed by atoms with Crippen molar-refractivity contribution < 1.29 is 13.2 Å². The molecule has 0 saturated carbocycles. The number of aryl methyl sites for hydroxylation is 1. The average Bonchev–Trinajstić information content (AvgIpc) is 3.19. The molecule has 4 nitrogen and oxygen atoms in total. The Hall–Kier alpha value is -0.910. The number of fused-ring (bicyclic) bond motifs is 2. The van der Waals surface area contributed by atoms with Crippen molar-refractivity contribution >= 4 is 10.0 Å². The van der Waals surface area contributed by atoms with Gasteiger partial charge in [-0.05, 0) is 48.6 Å². The van der Waals surface area contributed by atoms with Crippen molar-refractivity contribution in [3.8, 4) is 0 Å². The summed E-state index contributed by atoms with van der Waals surface area (Å²) in [4.78, 5) is 0. The first-order valence-electron chi connectivity index (χ1n) is 8.77. The van der Waals surface area contributed by atoms with Gasteiger partial charge in [0.1, 0.15) is 0 Å². The third kappa shape index (κ3) is 3.06. The first kappa shape index (κ1) is 15.6. The lowest BCUT2D eigenvalue weighted by atomic mass is 9.90. The van der Waals surface area contributed by atoms with Gasteiger partial charge in [0, 0.05) is 25.6 Å². The number of ether oxygens (including phenoxy) is 1. The van der Waals surface area contributed by atoms with E-state index in [-0.39, 0.29) is 5.75 Å². The summed E-state index contributed by atoms with van der Waals surface area (Å²) in [6.07, 6.45) is 3.88. The Morgan fingerprint density at radius 3 is 2.87 bits per heavy atom. The van der Waals surface area contributed by atoms with Crippen LogP contribution < -0.4 is 0 Å². The third-order valence-corrected chi connectivity index (χ3v) is 7.76. The summed E-state index contributed by atoms with van der Waals surface area (Å²) < 4.78 is 32.7. The smallest absolute Gasteiger partial charge is 0.214 e. The van der Waals surface area contributed by atoms with Crippen molar-refractivity contribution in [2.75, 3.05) is 32.1 Å². The van der Waals surface area contributed by atoms with Crippen LogP contribution in [-0.2, 0) is 21.2 Å². The number of hydrogen-bond donors (Lipinski definition) is 0. The Morgan fingerprint density at radius 2 is 1.96 bits per heavy atom. The molecule has 1 aromatic rings. The first-order chi connectivity index (χ1) is 11.1. The maximum atomic E-state index is 12.7. The molecule has 0 bridgehead atoms. The SMILES string of the molecule is O=S(=O)(CCC1CCc2ccccc21)N1CCC2COCC2C1. The van der Waals surface area contributed by atoms with E-state index in [4.69, 9.17) is 4.74 Å². The van der Waals surface area contributed by atoms with Gasteiger partial charge in [-0.3, -0.25) is 0 Å². The summed E-state index contributed by atoms with van der Waals surface area (Å²) >= 11 is 0. The zero-order valence-electron chi connectivity index (χ0n) is 13.5. The van der Waals surface area contributed by atoms with E-state index in [1.807, 2.05) is 0 Å². The fourth-order valence-corrected chi connectivity index (χ4v) is 6.09. The summed E-state index contributed by atoms with van der Waals surface area (Å²) in [5.41, 5.74) is 2.77. The minimum Gasteiger partial charge on any atom is -0.381 e. The van der Waals surface area contributed by atoms with Crippen LogP contribution in [0.5, 0.6) is 0 Å². The molecule has 2 saturated heterocycles. The van der Waals surface area contributed by atoms with Crippen LogP contribution in [0.3, 0.4) is 0 Å². The van der Waals surface area contributed by atoms with E-state index in [9.17, 15) is 8.42 Å². The molecule has 0 radical (unpaired) electrons. The van der Waals surface area contributed by atoms with Gasteiger partial charge in [-0.15, -0.1) is 0 Å². The van der Waals surface area contributed by atoms with Gasteiger partial charge in [0.15, 0.2) is 0 Å². The monoisotopic (exact) mass is 335 g/mol. The van der Waals surface area contributed by atoms with E-state index in [0.717, 1.165) is 38.9 Å². The van der Waals surface area contributed by atoms with Crippen LogP contribution in [0.4, 0.5) is 0 Å². The van der Waals surface area contributed by atoms with Crippen LogP contribution in [0, 0.1) is 11.8 Å². The quantitative estimate of drug-likeness (QED) is 0.849. The lowest BCUT2D eigenvalue weighted by Crippen LogP contribution is -2.44. The molecule has 0 aromatic heterocycles. The second-order valence-corrected chi connectivity index (χ2v) is 9.33. The second kappa shape index (κ2) is 6.19. The first-order valence-corrected chi connectivity index (χ1v) is 10.4. The molecule has 3 atom stereocenters. The van der Waals surface area contributed by atoms with Crippen LogP contribution >= 0.6 is 0 Å². The summed E-state index contributed by atoms with van der Waals surface area (Å²) in [5.74, 6) is 1.67. The topological polar surface area (TPSA) is 46.6 Å². The van der Waals surface area contributed by atoms with Gasteiger partial charge in [-0.1, -0.05) is 24.3 Å². The van der Waals surface area contributed by atoms with E-state index < -0.39 is 10.0 Å². The van der Waals surface area contributed by atoms with E-state index in [1.54, 1.807) is 4.31 Å². The predicted molar refractivity (Wildman–Crippen MR) is 89.9 cm³/mol. The molecule has 0 amide bonds. The molecule has 2 heterocycles. The maximum absolute atomic E-state index is 12.7. The van der Waals surface area contributed by atoms with Gasteiger partial charge in [0.05, 0.1) is 12.4 Å². The number of hydrogen-bond acceptors (Lipinski definition) is 3. The predicted octanol–water partition coefficient (Wildman–Crippen LogP) is 2.40. The molecule has 0 N–H and O–H groups in total. The Labute approximate surface area is 138 Å². The molecule has 1 aliphatic carbocycles. The summed E-state index contributed by atoms with van der Waals surface area (Å²) in [5, 5.41) is 0. The molecule has 5 heteroatoms. The minimum atomic E-state index is -3.13. The van der Waals surface area contributed by atoms with Gasteiger partial charge in [0.2, 0.25) is 10.0 Å². The van der Waals surface area contributed by atoms with Crippen molar-refractivity contribution in [1.29, 1.82) is 0 Å². The van der Waals surface area contributed by atoms with E-state index >= 15 is 0 Å². The highest BCUT2D eigenvalue weighted by Gasteiger charge is 2.38. The highest BCUT2D eigenvalue weighted by atomic mass is 32.2. The van der Waals surface area contributed by atoms with E-state index in [1.165, 1.54) is 11.1 Å². The van der Waals surface area contributed by atoms with Gasteiger partial charge in [-0.25, -0.2) is 12.7 Å². The van der Waals surface area contributed by atoms with Crippen LogP contribution in [-0.4, -0.2) is 44.8 Å². The van der Waals surface area contributed by atoms with Crippen molar-refractivity contribution in [2.24, 2.45) is 11.8 Å². The third-order valence-electron chi connectivity index (χ3n) is 5.89. The normalized spacial score (nSPS) is 31.0. The largest absolute Gasteiger partial charge is 0.381 e. The lowest BCUT2D eigenvalue weighted by molar-refractivity contribution is 0.181. The maximum Gasteiger partial charge on any atom is 0.214 e. The molecule has 3 unspecified atom stereocenters. The van der Waals surface area contributed by atoms with Crippen molar-refractivity contribution in [3.05, 3.63) is 35.4 Å². The molecule has 4 rings (SSSR count). The van der Waals surface area contributed by atoms with Crippen molar-refractivity contribution in [1.82, 2.24) is 4.31 Å². The summed E-state index contributed by atoms with van der Waals surface area (Å²) in [6.45, 7) is 2.88. The minimum absolute atomic E-state index is 0.282. The Morgan fingerprint density at radius 1 is 1.13 bits per heavy atom. The Bertz CT molecular complexity index is 673. The summed E-state index contributed by atoms with van der Waals surface area (Å²) in [6, 6.07) is 8.48. The molecule has 3 aliphatic rings. The lowest BCUT2D eigenvalue weighted by Gasteiger charge is -2.33. The van der Waals surface area contributed by atoms with Crippen molar-refractivity contribution in [2.45, 2.75) is 31.6 Å². The van der Waals surface area contributed by atoms with Crippen LogP contribution in [0.25, 0.3) is 0 Å². The van der Waals surface area contributed by atoms with Gasteiger partial charge in [-0.2, -0.15) is 0 Å². The molecule has 126 valence electrons. The van der Waals surface area contributed by atoms with E-state index in [2.05, 4.69) is 24.3 Å².